The van der Waals surface area contributed by atoms with Crippen molar-refractivity contribution in [3.63, 3.8) is 0 Å². The summed E-state index contributed by atoms with van der Waals surface area (Å²) in [6, 6.07) is 22.3. The number of alkyl halides is 1. The van der Waals surface area contributed by atoms with E-state index in [1.807, 2.05) is 24.3 Å². The lowest BCUT2D eigenvalue weighted by atomic mass is 9.99. The lowest BCUT2D eigenvalue weighted by molar-refractivity contribution is 0.0995. The first-order valence-corrected chi connectivity index (χ1v) is 9.97. The molecule has 0 aliphatic rings. The Kier molecular flexibility index (Phi) is 6.22. The van der Waals surface area contributed by atoms with E-state index in [4.69, 9.17) is 10.5 Å². The molecular formula is C26H20F2N2O2. The number of nitrogens with zero attached hydrogens (tertiary/aromatic N) is 1. The number of rotatable bonds is 7. The molecule has 6 heteroatoms. The van der Waals surface area contributed by atoms with Crippen LogP contribution in [0.2, 0.25) is 0 Å². The van der Waals surface area contributed by atoms with E-state index in [1.54, 1.807) is 54.7 Å². The normalized spacial score (nSPS) is 10.7. The number of amides is 1. The molecule has 0 bridgehead atoms. The van der Waals surface area contributed by atoms with Crippen LogP contribution in [0.1, 0.15) is 21.6 Å². The number of halogens is 2. The molecule has 0 unspecified atom stereocenters. The van der Waals surface area contributed by atoms with Crippen molar-refractivity contribution in [3.8, 4) is 28.0 Å². The molecule has 0 atom stereocenters. The summed E-state index contributed by atoms with van der Waals surface area (Å²) in [7, 11) is 0. The van der Waals surface area contributed by atoms with Gasteiger partial charge in [-0.2, -0.15) is 0 Å². The Morgan fingerprint density at radius 3 is 2.31 bits per heavy atom. The van der Waals surface area contributed by atoms with Crippen molar-refractivity contribution in [3.05, 3.63) is 108 Å². The molecule has 3 aromatic carbocycles. The molecule has 160 valence electrons. The number of hydrogen-bond acceptors (Lipinski definition) is 3. The minimum atomic E-state index is -0.724. The van der Waals surface area contributed by atoms with E-state index in [2.05, 4.69) is 4.98 Å². The number of hydrogen-bond donors (Lipinski definition) is 1. The highest BCUT2D eigenvalue weighted by atomic mass is 19.1. The van der Waals surface area contributed by atoms with Crippen LogP contribution in [0.3, 0.4) is 0 Å². The van der Waals surface area contributed by atoms with Gasteiger partial charge in [-0.05, 0) is 46.5 Å². The molecule has 1 heterocycles. The largest absolute Gasteiger partial charge is 0.489 e. The van der Waals surface area contributed by atoms with Gasteiger partial charge in [-0.1, -0.05) is 54.6 Å². The Morgan fingerprint density at radius 1 is 0.906 bits per heavy atom. The molecule has 0 aliphatic carbocycles. The molecule has 0 spiro atoms. The quantitative estimate of drug-likeness (QED) is 0.409. The highest BCUT2D eigenvalue weighted by Gasteiger charge is 2.11. The topological polar surface area (TPSA) is 65.2 Å². The van der Waals surface area contributed by atoms with E-state index < -0.39 is 18.4 Å². The number of carbonyl (C=O) groups is 1. The maximum absolute atomic E-state index is 14.1. The fourth-order valence-electron chi connectivity index (χ4n) is 3.38. The summed E-state index contributed by atoms with van der Waals surface area (Å²) < 4.78 is 33.5. The Balaban J connectivity index is 1.45. The number of aromatic nitrogens is 1. The summed E-state index contributed by atoms with van der Waals surface area (Å²) in [6.45, 7) is -0.429. The zero-order valence-electron chi connectivity index (χ0n) is 17.1. The third-order valence-electron chi connectivity index (χ3n) is 5.09. The van der Waals surface area contributed by atoms with Crippen LogP contribution in [-0.4, -0.2) is 10.9 Å². The van der Waals surface area contributed by atoms with Crippen LogP contribution in [0, 0.1) is 5.82 Å². The number of pyridine rings is 1. The maximum atomic E-state index is 14.1. The minimum Gasteiger partial charge on any atom is -0.489 e. The summed E-state index contributed by atoms with van der Waals surface area (Å²) in [4.78, 5) is 15.2. The van der Waals surface area contributed by atoms with E-state index in [0.717, 1.165) is 16.7 Å². The van der Waals surface area contributed by atoms with Crippen molar-refractivity contribution in [2.45, 2.75) is 13.3 Å². The highest BCUT2D eigenvalue weighted by Crippen LogP contribution is 2.30. The van der Waals surface area contributed by atoms with E-state index >= 15 is 0 Å². The minimum absolute atomic E-state index is 0.215. The lowest BCUT2D eigenvalue weighted by Gasteiger charge is -2.12. The van der Waals surface area contributed by atoms with E-state index in [1.165, 1.54) is 6.07 Å². The number of ether oxygens (including phenoxy) is 1. The molecule has 0 saturated carbocycles. The molecule has 32 heavy (non-hydrogen) atoms. The standard InChI is InChI=1S/C26H20F2N2O2/c27-14-20-13-21(10-11-22(20)23-3-1-2-4-24(23)28)32-16-17-5-7-18(8-6-17)19-9-12-25(26(29)31)30-15-19/h1-13,15H,14,16H2,(H2,29,31). The zero-order chi connectivity index (χ0) is 22.5. The van der Waals surface area contributed by atoms with Crippen LogP contribution in [0.5, 0.6) is 5.75 Å². The van der Waals surface area contributed by atoms with Gasteiger partial charge in [0.1, 0.15) is 30.5 Å². The van der Waals surface area contributed by atoms with Crippen molar-refractivity contribution in [1.29, 1.82) is 0 Å². The predicted octanol–water partition coefficient (Wildman–Crippen LogP) is 5.70. The van der Waals surface area contributed by atoms with Gasteiger partial charge in [-0.15, -0.1) is 0 Å². The molecule has 0 fully saturated rings. The first kappa shape index (κ1) is 21.2. The average Bonchev–Trinajstić information content (AvgIpc) is 2.83. The van der Waals surface area contributed by atoms with Crippen molar-refractivity contribution in [2.75, 3.05) is 0 Å². The monoisotopic (exact) mass is 430 g/mol. The molecule has 4 nitrogen and oxygen atoms in total. The summed E-state index contributed by atoms with van der Waals surface area (Å²) in [5.74, 6) is -0.453. The number of carbonyl (C=O) groups excluding carboxylic acids is 1. The zero-order valence-corrected chi connectivity index (χ0v) is 17.1. The SMILES string of the molecule is NC(=O)c1ccc(-c2ccc(COc3ccc(-c4ccccc4F)c(CF)c3)cc2)cn1. The van der Waals surface area contributed by atoms with Crippen molar-refractivity contribution < 1.29 is 18.3 Å². The Bertz CT molecular complexity index is 1240. The van der Waals surface area contributed by atoms with Crippen molar-refractivity contribution >= 4 is 5.91 Å². The molecular weight excluding hydrogens is 410 g/mol. The third kappa shape index (κ3) is 4.64. The summed E-state index contributed by atoms with van der Waals surface area (Å²) >= 11 is 0. The van der Waals surface area contributed by atoms with Gasteiger partial charge in [0.25, 0.3) is 5.91 Å². The molecule has 4 rings (SSSR count). The van der Waals surface area contributed by atoms with Gasteiger partial charge in [0.05, 0.1) is 0 Å². The molecule has 1 amide bonds. The van der Waals surface area contributed by atoms with Crippen LogP contribution in [0.15, 0.2) is 85.1 Å². The van der Waals surface area contributed by atoms with Crippen molar-refractivity contribution in [2.24, 2.45) is 5.73 Å². The van der Waals surface area contributed by atoms with Gasteiger partial charge in [-0.3, -0.25) is 9.78 Å². The predicted molar refractivity (Wildman–Crippen MR) is 119 cm³/mol. The Labute approximate surface area is 184 Å². The lowest BCUT2D eigenvalue weighted by Crippen LogP contribution is -2.12. The van der Waals surface area contributed by atoms with Crippen LogP contribution in [-0.2, 0) is 13.3 Å². The fraction of sp³-hybridized carbons (Fsp3) is 0.0769. The average molecular weight is 430 g/mol. The molecule has 2 N–H and O–H groups in total. The van der Waals surface area contributed by atoms with E-state index in [-0.39, 0.29) is 5.69 Å². The molecule has 0 aliphatic heterocycles. The smallest absolute Gasteiger partial charge is 0.267 e. The van der Waals surface area contributed by atoms with Gasteiger partial charge in [-0.25, -0.2) is 8.78 Å². The second-order valence-electron chi connectivity index (χ2n) is 7.21. The Hall–Kier alpha value is -4.06. The van der Waals surface area contributed by atoms with Crippen LogP contribution in [0.25, 0.3) is 22.3 Å². The highest BCUT2D eigenvalue weighted by molar-refractivity contribution is 5.91. The summed E-state index contributed by atoms with van der Waals surface area (Å²) in [5, 5.41) is 0. The summed E-state index contributed by atoms with van der Waals surface area (Å²) in [5.41, 5.74) is 9.40. The molecule has 1 aromatic heterocycles. The first-order valence-electron chi connectivity index (χ1n) is 9.97. The molecule has 0 saturated heterocycles. The van der Waals surface area contributed by atoms with Gasteiger partial charge < -0.3 is 10.5 Å². The van der Waals surface area contributed by atoms with Gasteiger partial charge in [0.15, 0.2) is 0 Å². The first-order chi connectivity index (χ1) is 15.5. The van der Waals surface area contributed by atoms with E-state index in [9.17, 15) is 13.6 Å². The van der Waals surface area contributed by atoms with Gasteiger partial charge in [0, 0.05) is 17.3 Å². The van der Waals surface area contributed by atoms with Crippen LogP contribution >= 0.6 is 0 Å². The van der Waals surface area contributed by atoms with Crippen LogP contribution in [0.4, 0.5) is 8.78 Å². The second-order valence-corrected chi connectivity index (χ2v) is 7.21. The summed E-state index contributed by atoms with van der Waals surface area (Å²) in [6.07, 6.45) is 1.60. The van der Waals surface area contributed by atoms with E-state index in [0.29, 0.717) is 29.0 Å². The Morgan fingerprint density at radius 2 is 1.66 bits per heavy atom. The molecule has 0 radical (unpaired) electrons. The maximum Gasteiger partial charge on any atom is 0.267 e. The molecule has 4 aromatic rings. The van der Waals surface area contributed by atoms with Crippen LogP contribution < -0.4 is 10.5 Å². The van der Waals surface area contributed by atoms with Gasteiger partial charge >= 0.3 is 0 Å². The van der Waals surface area contributed by atoms with Gasteiger partial charge in [0.2, 0.25) is 0 Å². The number of nitrogens with two attached hydrogens (primary N) is 1. The fourth-order valence-corrected chi connectivity index (χ4v) is 3.38. The second kappa shape index (κ2) is 9.39. The third-order valence-corrected chi connectivity index (χ3v) is 5.09. The number of benzene rings is 3. The number of primary amides is 1. The van der Waals surface area contributed by atoms with Crippen molar-refractivity contribution in [1.82, 2.24) is 4.98 Å².